The highest BCUT2D eigenvalue weighted by Crippen LogP contribution is 2.28. The predicted molar refractivity (Wildman–Crippen MR) is 69.5 cm³/mol. The molecule has 0 radical (unpaired) electrons. The van der Waals surface area contributed by atoms with E-state index in [0.29, 0.717) is 6.07 Å². The molecule has 7 heteroatoms. The molecule has 0 saturated carbocycles. The summed E-state index contributed by atoms with van der Waals surface area (Å²) in [5.74, 6) is -1.54. The maximum atomic E-state index is 13.6. The van der Waals surface area contributed by atoms with Crippen LogP contribution < -0.4 is 0 Å². The van der Waals surface area contributed by atoms with E-state index in [2.05, 4.69) is 0 Å². The van der Waals surface area contributed by atoms with Gasteiger partial charge in [0.05, 0.1) is 5.56 Å². The Morgan fingerprint density at radius 1 is 1.10 bits per heavy atom. The van der Waals surface area contributed by atoms with Crippen molar-refractivity contribution in [3.8, 4) is 17.2 Å². The van der Waals surface area contributed by atoms with Crippen molar-refractivity contribution in [1.29, 1.82) is 5.26 Å². The van der Waals surface area contributed by atoms with Crippen LogP contribution in [0.1, 0.15) is 5.56 Å². The Hall–Kier alpha value is -1.97. The minimum Gasteiger partial charge on any atom is -0.207 e. The molecule has 0 aliphatic heterocycles. The van der Waals surface area contributed by atoms with E-state index in [0.717, 1.165) is 12.1 Å². The van der Waals surface area contributed by atoms with Crippen LogP contribution in [0.4, 0.5) is 8.78 Å². The van der Waals surface area contributed by atoms with Crippen LogP contribution in [0.25, 0.3) is 11.1 Å². The average Bonchev–Trinajstić information content (AvgIpc) is 2.37. The van der Waals surface area contributed by atoms with Crippen molar-refractivity contribution in [2.75, 3.05) is 0 Å². The summed E-state index contributed by atoms with van der Waals surface area (Å²) in [5, 5.41) is 8.94. The Balaban J connectivity index is 2.64. The molecule has 0 bridgehead atoms. The maximum Gasteiger partial charge on any atom is 0.262 e. The number of hydrogen-bond acceptors (Lipinski definition) is 3. The summed E-state index contributed by atoms with van der Waals surface area (Å²) in [5.41, 5.74) is 0.103. The standard InChI is InChI=1S/C13H6ClF2NO2S/c14-20(18,19)13-4-1-8(5-9(13)7-17)11-3-2-10(15)6-12(11)16/h1-6H. The smallest absolute Gasteiger partial charge is 0.207 e. The van der Waals surface area contributed by atoms with Crippen LogP contribution in [-0.4, -0.2) is 8.42 Å². The lowest BCUT2D eigenvalue weighted by atomic mass is 10.0. The normalized spacial score (nSPS) is 11.1. The highest BCUT2D eigenvalue weighted by molar-refractivity contribution is 8.13. The molecule has 0 unspecified atom stereocenters. The molecule has 20 heavy (non-hydrogen) atoms. The fraction of sp³-hybridized carbons (Fsp3) is 0. The summed E-state index contributed by atoms with van der Waals surface area (Å²) >= 11 is 0. The zero-order valence-corrected chi connectivity index (χ0v) is 11.3. The zero-order valence-electron chi connectivity index (χ0n) is 9.77. The van der Waals surface area contributed by atoms with Gasteiger partial charge in [0.25, 0.3) is 9.05 Å². The van der Waals surface area contributed by atoms with E-state index in [-0.39, 0.29) is 21.6 Å². The molecule has 2 rings (SSSR count). The van der Waals surface area contributed by atoms with E-state index in [9.17, 15) is 17.2 Å². The molecule has 102 valence electrons. The maximum absolute atomic E-state index is 13.6. The molecule has 0 heterocycles. The molecule has 0 aromatic heterocycles. The first-order chi connectivity index (χ1) is 9.32. The van der Waals surface area contributed by atoms with E-state index in [1.807, 2.05) is 0 Å². The van der Waals surface area contributed by atoms with Crippen LogP contribution in [0.2, 0.25) is 0 Å². The van der Waals surface area contributed by atoms with Gasteiger partial charge in [-0.3, -0.25) is 0 Å². The first kappa shape index (κ1) is 14.4. The van der Waals surface area contributed by atoms with Gasteiger partial charge in [-0.05, 0) is 29.8 Å². The lowest BCUT2D eigenvalue weighted by Gasteiger charge is -2.06. The van der Waals surface area contributed by atoms with Gasteiger partial charge in [0.1, 0.15) is 22.6 Å². The minimum absolute atomic E-state index is 0.0569. The monoisotopic (exact) mass is 313 g/mol. The summed E-state index contributed by atoms with van der Waals surface area (Å²) in [7, 11) is 1.12. The Morgan fingerprint density at radius 3 is 2.35 bits per heavy atom. The molecule has 0 N–H and O–H groups in total. The molecular formula is C13H6ClF2NO2S. The third-order valence-electron chi connectivity index (χ3n) is 2.60. The summed E-state index contributed by atoms with van der Waals surface area (Å²) in [6.07, 6.45) is 0. The Labute approximate surface area is 118 Å². The van der Waals surface area contributed by atoms with E-state index < -0.39 is 20.7 Å². The first-order valence-corrected chi connectivity index (χ1v) is 7.58. The molecule has 0 spiro atoms. The van der Waals surface area contributed by atoms with Gasteiger partial charge in [-0.2, -0.15) is 5.26 Å². The Kier molecular flexibility index (Phi) is 3.75. The van der Waals surface area contributed by atoms with Crippen molar-refractivity contribution in [3.63, 3.8) is 0 Å². The second-order valence-electron chi connectivity index (χ2n) is 3.88. The van der Waals surface area contributed by atoms with Crippen molar-refractivity contribution in [3.05, 3.63) is 53.6 Å². The van der Waals surface area contributed by atoms with Crippen molar-refractivity contribution >= 4 is 19.7 Å². The van der Waals surface area contributed by atoms with Crippen LogP contribution >= 0.6 is 10.7 Å². The Morgan fingerprint density at radius 2 is 1.80 bits per heavy atom. The number of nitriles is 1. The number of hydrogen-bond donors (Lipinski definition) is 0. The number of halogens is 3. The topological polar surface area (TPSA) is 57.9 Å². The highest BCUT2D eigenvalue weighted by atomic mass is 35.7. The van der Waals surface area contributed by atoms with Gasteiger partial charge >= 0.3 is 0 Å². The largest absolute Gasteiger partial charge is 0.262 e. The molecule has 3 nitrogen and oxygen atoms in total. The predicted octanol–water partition coefficient (Wildman–Crippen LogP) is 3.43. The van der Waals surface area contributed by atoms with Crippen LogP contribution in [0.15, 0.2) is 41.3 Å². The van der Waals surface area contributed by atoms with Gasteiger partial charge < -0.3 is 0 Å². The van der Waals surface area contributed by atoms with Crippen molar-refractivity contribution in [2.24, 2.45) is 0 Å². The van der Waals surface area contributed by atoms with Crippen LogP contribution in [-0.2, 0) is 9.05 Å². The second kappa shape index (κ2) is 5.19. The summed E-state index contributed by atoms with van der Waals surface area (Å²) in [6, 6.07) is 8.25. The summed E-state index contributed by atoms with van der Waals surface area (Å²) in [4.78, 5) is -0.354. The number of benzene rings is 2. The number of nitrogens with zero attached hydrogens (tertiary/aromatic N) is 1. The van der Waals surface area contributed by atoms with Gasteiger partial charge in [0, 0.05) is 22.3 Å². The third kappa shape index (κ3) is 2.79. The Bertz CT molecular complexity index is 829. The van der Waals surface area contributed by atoms with Gasteiger partial charge in [0.15, 0.2) is 0 Å². The van der Waals surface area contributed by atoms with Crippen LogP contribution in [0, 0.1) is 23.0 Å². The SMILES string of the molecule is N#Cc1cc(-c2ccc(F)cc2F)ccc1S(=O)(=O)Cl. The quantitative estimate of drug-likeness (QED) is 0.798. The van der Waals surface area contributed by atoms with E-state index >= 15 is 0 Å². The molecule has 0 atom stereocenters. The van der Waals surface area contributed by atoms with Gasteiger partial charge in [0.2, 0.25) is 0 Å². The van der Waals surface area contributed by atoms with Gasteiger partial charge in [-0.25, -0.2) is 17.2 Å². The highest BCUT2D eigenvalue weighted by Gasteiger charge is 2.17. The molecule has 0 amide bonds. The number of rotatable bonds is 2. The third-order valence-corrected chi connectivity index (χ3v) is 3.98. The second-order valence-corrected chi connectivity index (χ2v) is 6.42. The van der Waals surface area contributed by atoms with E-state index in [4.69, 9.17) is 15.9 Å². The molecule has 0 fully saturated rings. The molecule has 0 aliphatic carbocycles. The van der Waals surface area contributed by atoms with Crippen molar-refractivity contribution < 1.29 is 17.2 Å². The fourth-order valence-corrected chi connectivity index (χ4v) is 2.72. The lowest BCUT2D eigenvalue weighted by Crippen LogP contribution is -1.96. The molecule has 0 aliphatic rings. The van der Waals surface area contributed by atoms with Gasteiger partial charge in [-0.1, -0.05) is 6.07 Å². The van der Waals surface area contributed by atoms with Crippen LogP contribution in [0.3, 0.4) is 0 Å². The van der Waals surface area contributed by atoms with Crippen molar-refractivity contribution in [1.82, 2.24) is 0 Å². The summed E-state index contributed by atoms with van der Waals surface area (Å²) in [6.45, 7) is 0. The first-order valence-electron chi connectivity index (χ1n) is 5.27. The molecule has 2 aromatic carbocycles. The minimum atomic E-state index is -4.07. The molecular weight excluding hydrogens is 308 g/mol. The summed E-state index contributed by atoms with van der Waals surface area (Å²) < 4.78 is 49.0. The molecule has 2 aromatic rings. The van der Waals surface area contributed by atoms with E-state index in [1.54, 1.807) is 6.07 Å². The fourth-order valence-electron chi connectivity index (χ4n) is 1.72. The molecule has 0 saturated heterocycles. The average molecular weight is 314 g/mol. The van der Waals surface area contributed by atoms with Gasteiger partial charge in [-0.15, -0.1) is 0 Å². The van der Waals surface area contributed by atoms with Crippen LogP contribution in [0.5, 0.6) is 0 Å². The zero-order chi connectivity index (χ0) is 14.9. The lowest BCUT2D eigenvalue weighted by molar-refractivity contribution is 0.585. The van der Waals surface area contributed by atoms with E-state index in [1.165, 1.54) is 18.2 Å². The van der Waals surface area contributed by atoms with Crippen molar-refractivity contribution in [2.45, 2.75) is 4.90 Å².